The number of halogens is 1. The summed E-state index contributed by atoms with van der Waals surface area (Å²) >= 11 is 1.52. The third-order valence-corrected chi connectivity index (χ3v) is 5.67. The van der Waals surface area contributed by atoms with E-state index < -0.39 is 0 Å². The molecule has 0 spiro atoms. The molecule has 1 saturated carbocycles. The lowest BCUT2D eigenvalue weighted by molar-refractivity contribution is 0.368. The number of anilines is 1. The van der Waals surface area contributed by atoms with Crippen molar-refractivity contribution in [3.8, 4) is 0 Å². The van der Waals surface area contributed by atoms with Crippen molar-refractivity contribution in [3.05, 3.63) is 5.82 Å². The van der Waals surface area contributed by atoms with Gasteiger partial charge < -0.3 is 15.1 Å². The molecule has 0 aromatic carbocycles. The van der Waals surface area contributed by atoms with Gasteiger partial charge in [-0.2, -0.15) is 4.37 Å². The lowest BCUT2D eigenvalue weighted by Gasteiger charge is -2.36. The number of hydrogen-bond acceptors (Lipinski definition) is 5. The Bertz CT molecular complexity index is 520. The largest absolute Gasteiger partial charge is 0.356 e. The maximum absolute atomic E-state index is 4.60. The van der Waals surface area contributed by atoms with Crippen molar-refractivity contribution < 1.29 is 0 Å². The van der Waals surface area contributed by atoms with Gasteiger partial charge in [-0.15, -0.1) is 24.0 Å². The minimum absolute atomic E-state index is 0. The number of aliphatic imine (C=N–C) groups is 1. The molecular formula is C16H29IN6S. The van der Waals surface area contributed by atoms with Crippen molar-refractivity contribution >= 4 is 46.6 Å². The van der Waals surface area contributed by atoms with Crippen molar-refractivity contribution in [2.45, 2.75) is 39.0 Å². The van der Waals surface area contributed by atoms with Crippen LogP contribution in [0.15, 0.2) is 4.99 Å². The van der Waals surface area contributed by atoms with Crippen LogP contribution in [0.3, 0.4) is 0 Å². The number of aromatic nitrogens is 2. The Morgan fingerprint density at radius 3 is 2.54 bits per heavy atom. The molecule has 1 aliphatic heterocycles. The topological polar surface area (TPSA) is 56.7 Å². The van der Waals surface area contributed by atoms with Crippen LogP contribution in [-0.4, -0.2) is 60.0 Å². The first-order valence-corrected chi connectivity index (χ1v) is 9.60. The normalized spacial score (nSPS) is 19.5. The van der Waals surface area contributed by atoms with Gasteiger partial charge in [-0.05, 0) is 18.8 Å². The Labute approximate surface area is 166 Å². The first-order valence-electron chi connectivity index (χ1n) is 8.83. The Balaban J connectivity index is 0.00000208. The van der Waals surface area contributed by atoms with Crippen LogP contribution in [0.5, 0.6) is 0 Å². The number of nitrogens with one attached hydrogen (secondary N) is 1. The number of rotatable bonds is 4. The molecule has 2 fully saturated rings. The predicted octanol–water partition coefficient (Wildman–Crippen LogP) is 2.61. The van der Waals surface area contributed by atoms with Crippen molar-refractivity contribution in [2.75, 3.05) is 44.7 Å². The number of piperazine rings is 1. The zero-order chi connectivity index (χ0) is 16.1. The van der Waals surface area contributed by atoms with Gasteiger partial charge in [0, 0.05) is 57.7 Å². The van der Waals surface area contributed by atoms with E-state index in [1.807, 2.05) is 7.05 Å². The fraction of sp³-hybridized carbons (Fsp3) is 0.812. The van der Waals surface area contributed by atoms with E-state index in [0.717, 1.165) is 62.0 Å². The molecule has 2 aliphatic rings. The third-order valence-electron chi connectivity index (χ3n) is 4.86. The molecule has 136 valence electrons. The first kappa shape index (κ1) is 19.7. The highest BCUT2D eigenvalue weighted by Crippen LogP contribution is 2.24. The molecule has 0 bridgehead atoms. The summed E-state index contributed by atoms with van der Waals surface area (Å²) < 4.78 is 4.39. The van der Waals surface area contributed by atoms with Crippen LogP contribution in [0.2, 0.25) is 0 Å². The van der Waals surface area contributed by atoms with Gasteiger partial charge in [-0.1, -0.05) is 19.8 Å². The van der Waals surface area contributed by atoms with Gasteiger partial charge in [-0.25, -0.2) is 4.98 Å². The van der Waals surface area contributed by atoms with E-state index in [-0.39, 0.29) is 24.0 Å². The fourth-order valence-electron chi connectivity index (χ4n) is 3.41. The minimum Gasteiger partial charge on any atom is -0.356 e. The molecule has 0 amide bonds. The van der Waals surface area contributed by atoms with Crippen LogP contribution in [0.4, 0.5) is 5.13 Å². The summed E-state index contributed by atoms with van der Waals surface area (Å²) in [6.45, 7) is 7.13. The number of guanidine groups is 1. The van der Waals surface area contributed by atoms with Gasteiger partial charge in [-0.3, -0.25) is 4.99 Å². The molecule has 6 nitrogen and oxygen atoms in total. The zero-order valence-corrected chi connectivity index (χ0v) is 17.8. The maximum atomic E-state index is 4.60. The molecule has 1 aromatic heterocycles. The summed E-state index contributed by atoms with van der Waals surface area (Å²) in [7, 11) is 1.89. The van der Waals surface area contributed by atoms with Crippen molar-refractivity contribution in [1.82, 2.24) is 19.6 Å². The lowest BCUT2D eigenvalue weighted by atomic mass is 10.1. The smallest absolute Gasteiger partial charge is 0.205 e. The third kappa shape index (κ3) is 4.93. The molecule has 1 aliphatic carbocycles. The summed E-state index contributed by atoms with van der Waals surface area (Å²) in [5.74, 6) is 2.85. The Morgan fingerprint density at radius 2 is 1.96 bits per heavy atom. The second-order valence-corrected chi connectivity index (χ2v) is 7.13. The van der Waals surface area contributed by atoms with Crippen LogP contribution in [0, 0.1) is 5.92 Å². The van der Waals surface area contributed by atoms with Crippen molar-refractivity contribution in [2.24, 2.45) is 10.9 Å². The van der Waals surface area contributed by atoms with Gasteiger partial charge in [0.2, 0.25) is 5.13 Å². The number of nitrogens with zero attached hydrogens (tertiary/aromatic N) is 5. The second kappa shape index (κ2) is 9.74. The summed E-state index contributed by atoms with van der Waals surface area (Å²) in [6.07, 6.45) is 6.44. The second-order valence-electron chi connectivity index (χ2n) is 6.40. The molecular weight excluding hydrogens is 435 g/mol. The average Bonchev–Trinajstić information content (AvgIpc) is 3.27. The van der Waals surface area contributed by atoms with E-state index in [1.54, 1.807) is 0 Å². The quantitative estimate of drug-likeness (QED) is 0.422. The summed E-state index contributed by atoms with van der Waals surface area (Å²) in [5.41, 5.74) is 0. The maximum Gasteiger partial charge on any atom is 0.205 e. The van der Waals surface area contributed by atoms with Gasteiger partial charge in [0.25, 0.3) is 0 Å². The Kier molecular flexibility index (Phi) is 7.99. The van der Waals surface area contributed by atoms with Crippen molar-refractivity contribution in [1.29, 1.82) is 0 Å². The average molecular weight is 464 g/mol. The molecule has 0 atom stereocenters. The van der Waals surface area contributed by atoms with Gasteiger partial charge in [0.15, 0.2) is 5.96 Å². The number of hydrogen-bond donors (Lipinski definition) is 1. The zero-order valence-electron chi connectivity index (χ0n) is 14.7. The van der Waals surface area contributed by atoms with Crippen LogP contribution in [-0.2, 0) is 6.42 Å². The molecule has 1 aromatic rings. The van der Waals surface area contributed by atoms with Gasteiger partial charge in [0.05, 0.1) is 0 Å². The predicted molar refractivity (Wildman–Crippen MR) is 112 cm³/mol. The van der Waals surface area contributed by atoms with Crippen LogP contribution >= 0.6 is 35.5 Å². The van der Waals surface area contributed by atoms with Crippen molar-refractivity contribution in [3.63, 3.8) is 0 Å². The van der Waals surface area contributed by atoms with E-state index in [4.69, 9.17) is 0 Å². The highest BCUT2D eigenvalue weighted by atomic mass is 127. The van der Waals surface area contributed by atoms with E-state index in [9.17, 15) is 0 Å². The Morgan fingerprint density at radius 1 is 1.25 bits per heavy atom. The molecule has 1 saturated heterocycles. The molecule has 24 heavy (non-hydrogen) atoms. The number of aryl methyl sites for hydroxylation is 1. The molecule has 0 unspecified atom stereocenters. The van der Waals surface area contributed by atoms with Crippen LogP contribution in [0.25, 0.3) is 0 Å². The Hall–Kier alpha value is -0.640. The standard InChI is InChI=1S/C16H28N6S.HI/c1-3-14-19-16(23-20-14)22-10-8-21(9-11-22)15(17-2)18-12-13-6-4-5-7-13;/h13H,3-12H2,1-2H3,(H,17,18);1H. The van der Waals surface area contributed by atoms with E-state index >= 15 is 0 Å². The minimum atomic E-state index is 0. The molecule has 1 N–H and O–H groups in total. The highest BCUT2D eigenvalue weighted by molar-refractivity contribution is 14.0. The monoisotopic (exact) mass is 464 g/mol. The lowest BCUT2D eigenvalue weighted by Crippen LogP contribution is -2.53. The summed E-state index contributed by atoms with van der Waals surface area (Å²) in [5, 5.41) is 4.65. The first-order chi connectivity index (χ1) is 11.3. The summed E-state index contributed by atoms with van der Waals surface area (Å²) in [6, 6.07) is 0. The summed E-state index contributed by atoms with van der Waals surface area (Å²) in [4.78, 5) is 13.8. The van der Waals surface area contributed by atoms with Crippen LogP contribution < -0.4 is 10.2 Å². The molecule has 2 heterocycles. The van der Waals surface area contributed by atoms with E-state index in [2.05, 4.69) is 36.4 Å². The highest BCUT2D eigenvalue weighted by Gasteiger charge is 2.23. The molecule has 8 heteroatoms. The molecule has 3 rings (SSSR count). The van der Waals surface area contributed by atoms with E-state index in [0.29, 0.717) is 0 Å². The molecule has 0 radical (unpaired) electrons. The fourth-order valence-corrected chi connectivity index (χ4v) is 4.21. The van der Waals surface area contributed by atoms with Gasteiger partial charge >= 0.3 is 0 Å². The van der Waals surface area contributed by atoms with E-state index in [1.165, 1.54) is 37.2 Å². The SMILES string of the molecule is CCc1nsc(N2CCN(C(=NC)NCC3CCCC3)CC2)n1.I. The van der Waals surface area contributed by atoms with Gasteiger partial charge in [0.1, 0.15) is 5.82 Å². The van der Waals surface area contributed by atoms with Crippen LogP contribution in [0.1, 0.15) is 38.4 Å².